The summed E-state index contributed by atoms with van der Waals surface area (Å²) in [5, 5.41) is 4.83. The van der Waals surface area contributed by atoms with Gasteiger partial charge in [0.1, 0.15) is 0 Å². The molecule has 136 valence electrons. The van der Waals surface area contributed by atoms with Crippen molar-refractivity contribution < 1.29 is 23.9 Å². The van der Waals surface area contributed by atoms with Gasteiger partial charge in [-0.05, 0) is 31.9 Å². The van der Waals surface area contributed by atoms with Crippen LogP contribution >= 0.6 is 11.3 Å². The zero-order valence-corrected chi connectivity index (χ0v) is 14.9. The van der Waals surface area contributed by atoms with Crippen molar-refractivity contribution >= 4 is 35.0 Å². The molecule has 0 aliphatic heterocycles. The van der Waals surface area contributed by atoms with Crippen LogP contribution in [0.2, 0.25) is 0 Å². The molecule has 0 saturated heterocycles. The minimum absolute atomic E-state index is 0.0303. The highest BCUT2D eigenvalue weighted by Gasteiger charge is 2.19. The third-order valence-electron chi connectivity index (χ3n) is 3.88. The van der Waals surface area contributed by atoms with Crippen molar-refractivity contribution in [3.05, 3.63) is 21.9 Å². The number of ether oxygens (including phenoxy) is 1. The molecule has 2 N–H and O–H groups in total. The number of imide groups is 1. The van der Waals surface area contributed by atoms with Crippen LogP contribution in [0.1, 0.15) is 53.1 Å². The van der Waals surface area contributed by atoms with E-state index in [0.29, 0.717) is 4.88 Å². The second-order valence-electron chi connectivity index (χ2n) is 6.00. The van der Waals surface area contributed by atoms with Crippen molar-refractivity contribution in [1.29, 1.82) is 0 Å². The highest BCUT2D eigenvalue weighted by Crippen LogP contribution is 2.18. The highest BCUT2D eigenvalue weighted by molar-refractivity contribution is 7.14. The van der Waals surface area contributed by atoms with E-state index in [1.54, 1.807) is 6.07 Å². The number of nitrogens with one attached hydrogen (secondary N) is 2. The van der Waals surface area contributed by atoms with E-state index < -0.39 is 24.5 Å². The number of urea groups is 1. The van der Waals surface area contributed by atoms with E-state index in [9.17, 15) is 19.2 Å². The first-order valence-corrected chi connectivity index (χ1v) is 9.11. The van der Waals surface area contributed by atoms with Crippen LogP contribution in [0.5, 0.6) is 0 Å². The largest absolute Gasteiger partial charge is 0.456 e. The molecule has 1 heterocycles. The molecule has 0 bridgehead atoms. The molecule has 0 spiro atoms. The lowest BCUT2D eigenvalue weighted by atomic mass is 10.2. The summed E-state index contributed by atoms with van der Waals surface area (Å²) in [6, 6.07) is 3.10. The van der Waals surface area contributed by atoms with Gasteiger partial charge in [0, 0.05) is 17.3 Å². The monoisotopic (exact) mass is 366 g/mol. The number of hydrogen-bond donors (Lipinski definition) is 2. The van der Waals surface area contributed by atoms with Crippen LogP contribution in [-0.2, 0) is 14.3 Å². The number of ketones is 1. The number of Topliss-reactive ketones (excluding diaryl/α,β-unsaturated/α-hetero) is 1. The molecule has 1 saturated carbocycles. The molecule has 0 atom stereocenters. The van der Waals surface area contributed by atoms with Crippen LogP contribution in [-0.4, -0.2) is 36.3 Å². The number of rotatable bonds is 7. The van der Waals surface area contributed by atoms with Crippen LogP contribution in [0, 0.1) is 6.92 Å². The summed E-state index contributed by atoms with van der Waals surface area (Å²) >= 11 is 1.38. The van der Waals surface area contributed by atoms with Crippen molar-refractivity contribution in [3.8, 4) is 0 Å². The molecule has 8 heteroatoms. The Kier molecular flexibility index (Phi) is 7.12. The maximum Gasteiger partial charge on any atom is 0.321 e. The molecule has 0 radical (unpaired) electrons. The topological polar surface area (TPSA) is 102 Å². The first-order chi connectivity index (χ1) is 11.9. The predicted molar refractivity (Wildman–Crippen MR) is 92.5 cm³/mol. The zero-order valence-electron chi connectivity index (χ0n) is 14.1. The number of carbonyl (C=O) groups excluding carboxylic acids is 4. The fourth-order valence-corrected chi connectivity index (χ4v) is 3.43. The molecule has 25 heavy (non-hydrogen) atoms. The molecule has 7 nitrogen and oxygen atoms in total. The van der Waals surface area contributed by atoms with Crippen LogP contribution in [0.25, 0.3) is 0 Å². The molecular weight excluding hydrogens is 344 g/mol. The SMILES string of the molecule is Cc1ccc(C(=O)CCC(=O)OCC(=O)NC(=O)NC2CCCC2)s1. The fourth-order valence-electron chi connectivity index (χ4n) is 2.60. The lowest BCUT2D eigenvalue weighted by Gasteiger charge is -2.12. The predicted octanol–water partition coefficient (Wildman–Crippen LogP) is 2.33. The Balaban J connectivity index is 1.61. The van der Waals surface area contributed by atoms with Gasteiger partial charge in [-0.25, -0.2) is 4.79 Å². The zero-order chi connectivity index (χ0) is 18.2. The third kappa shape index (κ3) is 6.66. The van der Waals surface area contributed by atoms with E-state index >= 15 is 0 Å². The van der Waals surface area contributed by atoms with Gasteiger partial charge in [0.05, 0.1) is 11.3 Å². The minimum Gasteiger partial charge on any atom is -0.456 e. The molecule has 1 aromatic heterocycles. The first kappa shape index (κ1) is 19.1. The van der Waals surface area contributed by atoms with E-state index in [1.165, 1.54) is 11.3 Å². The normalized spacial score (nSPS) is 14.1. The first-order valence-electron chi connectivity index (χ1n) is 8.29. The fraction of sp³-hybridized carbons (Fsp3) is 0.529. The smallest absolute Gasteiger partial charge is 0.321 e. The molecule has 1 aliphatic rings. The van der Waals surface area contributed by atoms with Crippen LogP contribution in [0.4, 0.5) is 4.79 Å². The average molecular weight is 366 g/mol. The van der Waals surface area contributed by atoms with Gasteiger partial charge >= 0.3 is 12.0 Å². The number of amides is 3. The van der Waals surface area contributed by atoms with Crippen LogP contribution in [0.3, 0.4) is 0 Å². The maximum atomic E-state index is 11.9. The number of carbonyl (C=O) groups is 4. The quantitative estimate of drug-likeness (QED) is 0.570. The molecule has 2 rings (SSSR count). The minimum atomic E-state index is -0.691. The van der Waals surface area contributed by atoms with Crippen molar-refractivity contribution in [1.82, 2.24) is 10.6 Å². The standard InChI is InChI=1S/C17H22N2O5S/c1-11-6-8-14(25-11)13(20)7-9-16(22)24-10-15(21)19-17(23)18-12-4-2-3-5-12/h6,8,12H,2-5,7,9-10H2,1H3,(H2,18,19,21,23). The molecule has 1 aromatic rings. The Bertz CT molecular complexity index is 649. The van der Waals surface area contributed by atoms with Gasteiger partial charge in [-0.3, -0.25) is 19.7 Å². The Morgan fingerprint density at radius 3 is 2.52 bits per heavy atom. The van der Waals surface area contributed by atoms with Gasteiger partial charge in [0.2, 0.25) is 0 Å². The Morgan fingerprint density at radius 2 is 1.88 bits per heavy atom. The summed E-state index contributed by atoms with van der Waals surface area (Å²) in [7, 11) is 0. The molecule has 1 fully saturated rings. The molecule has 3 amide bonds. The second kappa shape index (κ2) is 9.31. The third-order valence-corrected chi connectivity index (χ3v) is 4.92. The number of aryl methyl sites for hydroxylation is 1. The van der Waals surface area contributed by atoms with Gasteiger partial charge in [0.25, 0.3) is 5.91 Å². The summed E-state index contributed by atoms with van der Waals surface area (Å²) in [6.45, 7) is 1.36. The van der Waals surface area contributed by atoms with Gasteiger partial charge in [-0.2, -0.15) is 0 Å². The lowest BCUT2D eigenvalue weighted by molar-refractivity contribution is -0.148. The molecule has 0 unspecified atom stereocenters. The van der Waals surface area contributed by atoms with Gasteiger partial charge < -0.3 is 10.1 Å². The summed E-state index contributed by atoms with van der Waals surface area (Å²) in [4.78, 5) is 48.3. The highest BCUT2D eigenvalue weighted by atomic mass is 32.1. The second-order valence-corrected chi connectivity index (χ2v) is 7.29. The Labute approximate surface area is 150 Å². The van der Waals surface area contributed by atoms with Crippen molar-refractivity contribution in [2.45, 2.75) is 51.5 Å². The Hall–Kier alpha value is -2.22. The van der Waals surface area contributed by atoms with E-state index in [-0.39, 0.29) is 24.7 Å². The number of hydrogen-bond acceptors (Lipinski definition) is 6. The van der Waals surface area contributed by atoms with Crippen LogP contribution in [0.15, 0.2) is 12.1 Å². The van der Waals surface area contributed by atoms with Crippen LogP contribution < -0.4 is 10.6 Å². The van der Waals surface area contributed by atoms with Gasteiger partial charge in [-0.1, -0.05) is 12.8 Å². The Morgan fingerprint density at radius 1 is 1.16 bits per heavy atom. The van der Waals surface area contributed by atoms with E-state index in [4.69, 9.17) is 4.74 Å². The van der Waals surface area contributed by atoms with Gasteiger partial charge in [-0.15, -0.1) is 11.3 Å². The molecule has 1 aliphatic carbocycles. The number of esters is 1. The summed E-state index contributed by atoms with van der Waals surface area (Å²) < 4.78 is 4.79. The molecular formula is C17H22N2O5S. The van der Waals surface area contributed by atoms with E-state index in [1.807, 2.05) is 13.0 Å². The van der Waals surface area contributed by atoms with E-state index in [0.717, 1.165) is 30.6 Å². The van der Waals surface area contributed by atoms with Crippen molar-refractivity contribution in [2.75, 3.05) is 6.61 Å². The van der Waals surface area contributed by atoms with Crippen molar-refractivity contribution in [2.24, 2.45) is 0 Å². The molecule has 0 aromatic carbocycles. The summed E-state index contributed by atoms with van der Waals surface area (Å²) in [6.07, 6.45) is 3.89. The van der Waals surface area contributed by atoms with E-state index in [2.05, 4.69) is 10.6 Å². The van der Waals surface area contributed by atoms with Crippen molar-refractivity contribution in [3.63, 3.8) is 0 Å². The lowest BCUT2D eigenvalue weighted by Crippen LogP contribution is -2.45. The van der Waals surface area contributed by atoms with Gasteiger partial charge in [0.15, 0.2) is 12.4 Å². The summed E-state index contributed by atoms with van der Waals surface area (Å²) in [5.41, 5.74) is 0. The maximum absolute atomic E-state index is 11.9. The average Bonchev–Trinajstić information content (AvgIpc) is 3.22. The number of thiophene rings is 1. The summed E-state index contributed by atoms with van der Waals surface area (Å²) in [5.74, 6) is -1.47.